The first-order valence-electron chi connectivity index (χ1n) is 10.3. The smallest absolute Gasteiger partial charge is 0.0707 e. The first kappa shape index (κ1) is 20.3. The summed E-state index contributed by atoms with van der Waals surface area (Å²) in [4.78, 5) is 10.7. The molecule has 0 amide bonds. The largest absolute Gasteiger partial charge is 0.378 e. The Morgan fingerprint density at radius 3 is 2.06 bits per heavy atom. The normalized spacial score (nSPS) is 10.8. The Bertz CT molecular complexity index is 1230. The van der Waals surface area contributed by atoms with Gasteiger partial charge in [0.25, 0.3) is 0 Å². The topological polar surface area (TPSA) is 29.0 Å². The SMILES string of the molecule is CN(C)c1ccc(C=Cc2ccnc3ccccc23)cc1.c1ccc2ncccc2c1. The Labute approximate surface area is 183 Å². The van der Waals surface area contributed by atoms with Gasteiger partial charge in [0.15, 0.2) is 0 Å². The van der Waals surface area contributed by atoms with Crippen LogP contribution in [-0.2, 0) is 0 Å². The van der Waals surface area contributed by atoms with Crippen molar-refractivity contribution in [3.05, 3.63) is 115 Å². The molecule has 0 fully saturated rings. The lowest BCUT2D eigenvalue weighted by Gasteiger charge is -2.11. The van der Waals surface area contributed by atoms with Gasteiger partial charge in [0.1, 0.15) is 0 Å². The molecule has 3 aromatic carbocycles. The maximum atomic E-state index is 4.39. The molecule has 0 aliphatic heterocycles. The summed E-state index contributed by atoms with van der Waals surface area (Å²) in [5.74, 6) is 0. The molecule has 0 aliphatic carbocycles. The highest BCUT2D eigenvalue weighted by Gasteiger charge is 1.98. The van der Waals surface area contributed by atoms with E-state index < -0.39 is 0 Å². The van der Waals surface area contributed by atoms with Crippen LogP contribution in [0.3, 0.4) is 0 Å². The van der Waals surface area contributed by atoms with E-state index in [9.17, 15) is 0 Å². The number of hydrogen-bond donors (Lipinski definition) is 0. The molecule has 152 valence electrons. The minimum Gasteiger partial charge on any atom is -0.378 e. The van der Waals surface area contributed by atoms with Gasteiger partial charge in [0.2, 0.25) is 0 Å². The molecule has 0 unspecified atom stereocenters. The van der Waals surface area contributed by atoms with Crippen LogP contribution in [0.25, 0.3) is 34.0 Å². The first-order chi connectivity index (χ1) is 15.2. The van der Waals surface area contributed by atoms with E-state index in [1.54, 1.807) is 0 Å². The molecule has 2 heterocycles. The Kier molecular flexibility index (Phi) is 6.34. The maximum absolute atomic E-state index is 4.39. The Morgan fingerprint density at radius 1 is 0.613 bits per heavy atom. The molecule has 0 radical (unpaired) electrons. The molecule has 0 saturated heterocycles. The van der Waals surface area contributed by atoms with Crippen molar-refractivity contribution in [2.45, 2.75) is 0 Å². The van der Waals surface area contributed by atoms with E-state index in [0.717, 1.165) is 11.0 Å². The third-order valence-corrected chi connectivity index (χ3v) is 5.06. The molecule has 3 nitrogen and oxygen atoms in total. The van der Waals surface area contributed by atoms with Gasteiger partial charge < -0.3 is 4.90 Å². The standard InChI is InChI=1S/C19H18N2.C9H7N/c1-21(2)17-11-8-15(9-12-17)7-10-16-13-14-20-19-6-4-3-5-18(16)19;1-2-6-9-8(4-1)5-3-7-10-9/h3-14H,1-2H3;1-7H. The molecule has 0 saturated carbocycles. The van der Waals surface area contributed by atoms with E-state index in [-0.39, 0.29) is 0 Å². The van der Waals surface area contributed by atoms with Gasteiger partial charge in [-0.1, -0.05) is 66.7 Å². The molecule has 5 aromatic rings. The van der Waals surface area contributed by atoms with Gasteiger partial charge in [-0.15, -0.1) is 0 Å². The van der Waals surface area contributed by atoms with Gasteiger partial charge in [0.05, 0.1) is 11.0 Å². The monoisotopic (exact) mass is 403 g/mol. The first-order valence-corrected chi connectivity index (χ1v) is 10.3. The third-order valence-electron chi connectivity index (χ3n) is 5.06. The van der Waals surface area contributed by atoms with Crippen LogP contribution < -0.4 is 4.90 Å². The van der Waals surface area contributed by atoms with Crippen molar-refractivity contribution >= 4 is 39.6 Å². The summed E-state index contributed by atoms with van der Waals surface area (Å²) in [5, 5.41) is 2.38. The van der Waals surface area contributed by atoms with Crippen LogP contribution in [0, 0.1) is 0 Å². The molecule has 0 atom stereocenters. The van der Waals surface area contributed by atoms with E-state index in [2.05, 4.69) is 69.5 Å². The van der Waals surface area contributed by atoms with Gasteiger partial charge in [0, 0.05) is 42.9 Å². The fourth-order valence-corrected chi connectivity index (χ4v) is 3.35. The number of aromatic nitrogens is 2. The van der Waals surface area contributed by atoms with Crippen molar-refractivity contribution < 1.29 is 0 Å². The van der Waals surface area contributed by atoms with E-state index in [1.807, 2.05) is 75.0 Å². The zero-order chi connectivity index (χ0) is 21.5. The molecular formula is C28H25N3. The summed E-state index contributed by atoms with van der Waals surface area (Å²) in [5.41, 5.74) is 5.69. The summed E-state index contributed by atoms with van der Waals surface area (Å²) in [6.45, 7) is 0. The summed E-state index contributed by atoms with van der Waals surface area (Å²) < 4.78 is 0. The zero-order valence-electron chi connectivity index (χ0n) is 17.8. The molecule has 0 N–H and O–H groups in total. The highest BCUT2D eigenvalue weighted by molar-refractivity contribution is 5.90. The Hall–Kier alpha value is -3.98. The fraction of sp³-hybridized carbons (Fsp3) is 0.0714. The summed E-state index contributed by atoms with van der Waals surface area (Å²) in [6.07, 6.45) is 7.95. The lowest BCUT2D eigenvalue weighted by molar-refractivity contribution is 1.13. The summed E-state index contributed by atoms with van der Waals surface area (Å²) >= 11 is 0. The number of benzene rings is 3. The number of fused-ring (bicyclic) bond motifs is 2. The summed E-state index contributed by atoms with van der Waals surface area (Å²) in [7, 11) is 4.10. The second kappa shape index (κ2) is 9.68. The number of pyridine rings is 2. The van der Waals surface area contributed by atoms with Crippen LogP contribution in [0.15, 0.2) is 103 Å². The average Bonchev–Trinajstić information content (AvgIpc) is 2.83. The van der Waals surface area contributed by atoms with Crippen molar-refractivity contribution in [1.29, 1.82) is 0 Å². The van der Waals surface area contributed by atoms with Gasteiger partial charge in [-0.3, -0.25) is 9.97 Å². The molecule has 0 bridgehead atoms. The van der Waals surface area contributed by atoms with E-state index >= 15 is 0 Å². The van der Waals surface area contributed by atoms with E-state index in [0.29, 0.717) is 0 Å². The van der Waals surface area contributed by atoms with Crippen molar-refractivity contribution in [2.75, 3.05) is 19.0 Å². The van der Waals surface area contributed by atoms with Crippen LogP contribution in [0.1, 0.15) is 11.1 Å². The number of rotatable bonds is 3. The summed E-state index contributed by atoms with van der Waals surface area (Å²) in [6, 6.07) is 30.9. The Morgan fingerprint density at radius 2 is 1.29 bits per heavy atom. The van der Waals surface area contributed by atoms with Crippen molar-refractivity contribution in [3.63, 3.8) is 0 Å². The van der Waals surface area contributed by atoms with Gasteiger partial charge >= 0.3 is 0 Å². The minimum absolute atomic E-state index is 1.03. The van der Waals surface area contributed by atoms with Crippen LogP contribution in [0.2, 0.25) is 0 Å². The molecule has 0 aliphatic rings. The lowest BCUT2D eigenvalue weighted by Crippen LogP contribution is -2.07. The van der Waals surface area contributed by atoms with Crippen LogP contribution in [0.5, 0.6) is 0 Å². The number of nitrogens with zero attached hydrogens (tertiary/aromatic N) is 3. The molecule has 2 aromatic heterocycles. The molecular weight excluding hydrogens is 378 g/mol. The van der Waals surface area contributed by atoms with Crippen LogP contribution in [-0.4, -0.2) is 24.1 Å². The molecule has 31 heavy (non-hydrogen) atoms. The van der Waals surface area contributed by atoms with Gasteiger partial charge in [-0.2, -0.15) is 0 Å². The van der Waals surface area contributed by atoms with Crippen LogP contribution >= 0.6 is 0 Å². The van der Waals surface area contributed by atoms with Gasteiger partial charge in [-0.25, -0.2) is 0 Å². The zero-order valence-corrected chi connectivity index (χ0v) is 17.8. The number of hydrogen-bond acceptors (Lipinski definition) is 3. The highest BCUT2D eigenvalue weighted by Crippen LogP contribution is 2.19. The van der Waals surface area contributed by atoms with Crippen molar-refractivity contribution in [3.8, 4) is 0 Å². The maximum Gasteiger partial charge on any atom is 0.0707 e. The Balaban J connectivity index is 0.000000192. The third kappa shape index (κ3) is 5.14. The second-order valence-corrected chi connectivity index (χ2v) is 7.43. The predicted molar refractivity (Wildman–Crippen MR) is 133 cm³/mol. The van der Waals surface area contributed by atoms with Gasteiger partial charge in [-0.05, 0) is 47.5 Å². The van der Waals surface area contributed by atoms with Crippen molar-refractivity contribution in [1.82, 2.24) is 9.97 Å². The molecule has 5 rings (SSSR count). The van der Waals surface area contributed by atoms with E-state index in [1.165, 1.54) is 27.6 Å². The molecule has 3 heteroatoms. The predicted octanol–water partition coefficient (Wildman–Crippen LogP) is 6.71. The number of para-hydroxylation sites is 2. The second-order valence-electron chi connectivity index (χ2n) is 7.43. The lowest BCUT2D eigenvalue weighted by atomic mass is 10.1. The number of anilines is 1. The quantitative estimate of drug-likeness (QED) is 0.335. The fourth-order valence-electron chi connectivity index (χ4n) is 3.35. The minimum atomic E-state index is 1.03. The molecule has 0 spiro atoms. The highest BCUT2D eigenvalue weighted by atomic mass is 15.1. The average molecular weight is 404 g/mol. The van der Waals surface area contributed by atoms with Crippen LogP contribution in [0.4, 0.5) is 5.69 Å². The van der Waals surface area contributed by atoms with Crippen molar-refractivity contribution in [2.24, 2.45) is 0 Å². The van der Waals surface area contributed by atoms with E-state index in [4.69, 9.17) is 0 Å².